The Morgan fingerprint density at radius 1 is 1.33 bits per heavy atom. The van der Waals surface area contributed by atoms with Crippen LogP contribution in [0.4, 0.5) is 0 Å². The molecule has 2 aromatic carbocycles. The molecule has 3 rings (SSSR count). The van der Waals surface area contributed by atoms with Gasteiger partial charge in [0.2, 0.25) is 0 Å². The first-order chi connectivity index (χ1) is 10.2. The highest BCUT2D eigenvalue weighted by Crippen LogP contribution is 2.37. The normalized spacial score (nSPS) is 16.2. The lowest BCUT2D eigenvalue weighted by Crippen LogP contribution is -2.15. The van der Waals surface area contributed by atoms with Crippen molar-refractivity contribution in [2.24, 2.45) is 0 Å². The number of ether oxygens (including phenoxy) is 2. The molecule has 108 valence electrons. The largest absolute Gasteiger partial charge is 0.493 e. The van der Waals surface area contributed by atoms with E-state index in [1.54, 1.807) is 0 Å². The second-order valence-electron chi connectivity index (χ2n) is 4.84. The predicted octanol–water partition coefficient (Wildman–Crippen LogP) is 4.21. The monoisotopic (exact) mass is 346 g/mol. The number of carbonyl (C=O) groups excluding carboxylic acids is 1. The lowest BCUT2D eigenvalue weighted by atomic mass is 9.92. The molecule has 0 fully saturated rings. The van der Waals surface area contributed by atoms with Crippen LogP contribution in [0.1, 0.15) is 28.8 Å². The maximum atomic E-state index is 12.9. The Labute approximate surface area is 132 Å². The van der Waals surface area contributed by atoms with Crippen LogP contribution in [0.15, 0.2) is 46.9 Å². The molecule has 1 aliphatic rings. The summed E-state index contributed by atoms with van der Waals surface area (Å²) in [5, 5.41) is 0. The van der Waals surface area contributed by atoms with Crippen molar-refractivity contribution in [3.8, 4) is 11.5 Å². The molecule has 1 heterocycles. The highest BCUT2D eigenvalue weighted by Gasteiger charge is 2.32. The van der Waals surface area contributed by atoms with Gasteiger partial charge in [0.05, 0.1) is 18.1 Å². The van der Waals surface area contributed by atoms with Gasteiger partial charge >= 0.3 is 0 Å². The number of para-hydroxylation sites is 1. The van der Waals surface area contributed by atoms with Crippen LogP contribution in [0.3, 0.4) is 0 Å². The maximum absolute atomic E-state index is 12.9. The molecule has 0 saturated carbocycles. The van der Waals surface area contributed by atoms with E-state index >= 15 is 0 Å². The molecule has 21 heavy (non-hydrogen) atoms. The molecule has 1 aliphatic heterocycles. The third-order valence-corrected chi connectivity index (χ3v) is 4.02. The van der Waals surface area contributed by atoms with Gasteiger partial charge in [0.1, 0.15) is 18.1 Å². The standard InChI is InChI=1S/C17H15BrO3/c1-2-20-16-8-7-11(18)9-13(16)17(19)14-10-21-15-6-4-3-5-12(14)15/h3-9,14H,2,10H2,1H3. The van der Waals surface area contributed by atoms with Crippen molar-refractivity contribution in [2.45, 2.75) is 12.8 Å². The first-order valence-electron chi connectivity index (χ1n) is 6.89. The molecule has 2 aromatic rings. The smallest absolute Gasteiger partial charge is 0.177 e. The van der Waals surface area contributed by atoms with Crippen LogP contribution in [0, 0.1) is 0 Å². The summed E-state index contributed by atoms with van der Waals surface area (Å²) in [5.74, 6) is 1.18. The molecule has 1 unspecified atom stereocenters. The van der Waals surface area contributed by atoms with Crippen molar-refractivity contribution in [3.05, 3.63) is 58.1 Å². The minimum Gasteiger partial charge on any atom is -0.493 e. The van der Waals surface area contributed by atoms with Gasteiger partial charge in [0.25, 0.3) is 0 Å². The summed E-state index contributed by atoms with van der Waals surface area (Å²) in [6, 6.07) is 13.2. The summed E-state index contributed by atoms with van der Waals surface area (Å²) < 4.78 is 12.1. The van der Waals surface area contributed by atoms with Crippen molar-refractivity contribution in [1.82, 2.24) is 0 Å². The number of rotatable bonds is 4. The zero-order valence-corrected chi connectivity index (χ0v) is 13.2. The zero-order chi connectivity index (χ0) is 14.8. The molecule has 0 amide bonds. The first kappa shape index (κ1) is 14.1. The summed E-state index contributed by atoms with van der Waals surface area (Å²) in [6.45, 7) is 2.82. The van der Waals surface area contributed by atoms with E-state index in [4.69, 9.17) is 9.47 Å². The summed E-state index contributed by atoms with van der Waals surface area (Å²) in [5.41, 5.74) is 1.54. The number of Topliss-reactive ketones (excluding diaryl/α,β-unsaturated/α-hetero) is 1. The quantitative estimate of drug-likeness (QED) is 0.778. The van der Waals surface area contributed by atoms with E-state index in [9.17, 15) is 4.79 Å². The van der Waals surface area contributed by atoms with Crippen LogP contribution >= 0.6 is 15.9 Å². The topological polar surface area (TPSA) is 35.5 Å². The Balaban J connectivity index is 1.98. The van der Waals surface area contributed by atoms with Crippen molar-refractivity contribution in [3.63, 3.8) is 0 Å². The van der Waals surface area contributed by atoms with Crippen LogP contribution in [-0.4, -0.2) is 19.0 Å². The van der Waals surface area contributed by atoms with Gasteiger partial charge in [0, 0.05) is 10.0 Å². The summed E-state index contributed by atoms with van der Waals surface area (Å²) in [7, 11) is 0. The fourth-order valence-corrected chi connectivity index (χ4v) is 2.90. The van der Waals surface area contributed by atoms with E-state index in [1.807, 2.05) is 49.4 Å². The third-order valence-electron chi connectivity index (χ3n) is 3.52. The van der Waals surface area contributed by atoms with Crippen molar-refractivity contribution in [2.75, 3.05) is 13.2 Å². The Kier molecular flexibility index (Phi) is 3.97. The van der Waals surface area contributed by atoms with Gasteiger partial charge in [-0.2, -0.15) is 0 Å². The summed E-state index contributed by atoms with van der Waals surface area (Å²) >= 11 is 3.42. The fourth-order valence-electron chi connectivity index (χ4n) is 2.54. The number of benzene rings is 2. The van der Waals surface area contributed by atoms with Crippen molar-refractivity contribution in [1.29, 1.82) is 0 Å². The number of hydrogen-bond donors (Lipinski definition) is 0. The minimum atomic E-state index is -0.269. The molecular formula is C17H15BrO3. The average Bonchev–Trinajstić information content (AvgIpc) is 2.92. The minimum absolute atomic E-state index is 0.0321. The molecule has 0 aliphatic carbocycles. The fraction of sp³-hybridized carbons (Fsp3) is 0.235. The molecule has 0 spiro atoms. The van der Waals surface area contributed by atoms with Gasteiger partial charge in [-0.05, 0) is 31.2 Å². The third kappa shape index (κ3) is 2.68. The molecule has 0 aromatic heterocycles. The highest BCUT2D eigenvalue weighted by molar-refractivity contribution is 9.10. The molecular weight excluding hydrogens is 332 g/mol. The van der Waals surface area contributed by atoms with Gasteiger partial charge in [-0.15, -0.1) is 0 Å². The van der Waals surface area contributed by atoms with Gasteiger partial charge in [0.15, 0.2) is 5.78 Å². The van der Waals surface area contributed by atoms with Crippen LogP contribution < -0.4 is 9.47 Å². The molecule has 0 saturated heterocycles. The zero-order valence-electron chi connectivity index (χ0n) is 11.6. The Morgan fingerprint density at radius 3 is 2.95 bits per heavy atom. The van der Waals surface area contributed by atoms with E-state index in [0.29, 0.717) is 24.5 Å². The molecule has 4 heteroatoms. The molecule has 0 bridgehead atoms. The van der Waals surface area contributed by atoms with Crippen LogP contribution in [-0.2, 0) is 0 Å². The second kappa shape index (κ2) is 5.90. The van der Waals surface area contributed by atoms with Crippen LogP contribution in [0.2, 0.25) is 0 Å². The number of carbonyl (C=O) groups is 1. The lowest BCUT2D eigenvalue weighted by Gasteiger charge is -2.13. The number of hydrogen-bond acceptors (Lipinski definition) is 3. The molecule has 0 N–H and O–H groups in total. The summed E-state index contributed by atoms with van der Waals surface area (Å²) in [6.07, 6.45) is 0. The van der Waals surface area contributed by atoms with Gasteiger partial charge in [-0.1, -0.05) is 34.1 Å². The van der Waals surface area contributed by atoms with E-state index in [1.165, 1.54) is 0 Å². The highest BCUT2D eigenvalue weighted by atomic mass is 79.9. The number of fused-ring (bicyclic) bond motifs is 1. The number of ketones is 1. The van der Waals surface area contributed by atoms with E-state index in [2.05, 4.69) is 15.9 Å². The number of halogens is 1. The Bertz CT molecular complexity index is 681. The molecule has 0 radical (unpaired) electrons. The van der Waals surface area contributed by atoms with E-state index in [0.717, 1.165) is 15.8 Å². The SMILES string of the molecule is CCOc1ccc(Br)cc1C(=O)C1COc2ccccc21. The predicted molar refractivity (Wildman–Crippen MR) is 84.3 cm³/mol. The molecule has 3 nitrogen and oxygen atoms in total. The van der Waals surface area contributed by atoms with Crippen molar-refractivity contribution >= 4 is 21.7 Å². The second-order valence-corrected chi connectivity index (χ2v) is 5.75. The van der Waals surface area contributed by atoms with E-state index in [-0.39, 0.29) is 11.7 Å². The molecule has 1 atom stereocenters. The summed E-state index contributed by atoms with van der Waals surface area (Å²) in [4.78, 5) is 12.9. The van der Waals surface area contributed by atoms with Crippen LogP contribution in [0.25, 0.3) is 0 Å². The van der Waals surface area contributed by atoms with Crippen LogP contribution in [0.5, 0.6) is 11.5 Å². The Hall–Kier alpha value is -1.81. The van der Waals surface area contributed by atoms with Gasteiger partial charge in [-0.25, -0.2) is 0 Å². The average molecular weight is 347 g/mol. The maximum Gasteiger partial charge on any atom is 0.177 e. The lowest BCUT2D eigenvalue weighted by molar-refractivity contribution is 0.0943. The van der Waals surface area contributed by atoms with Gasteiger partial charge in [-0.3, -0.25) is 4.79 Å². The van der Waals surface area contributed by atoms with E-state index < -0.39 is 0 Å². The van der Waals surface area contributed by atoms with Crippen molar-refractivity contribution < 1.29 is 14.3 Å². The van der Waals surface area contributed by atoms with Gasteiger partial charge < -0.3 is 9.47 Å². The Morgan fingerprint density at radius 2 is 2.14 bits per heavy atom. The first-order valence-corrected chi connectivity index (χ1v) is 7.68.